The van der Waals surface area contributed by atoms with Gasteiger partial charge in [0, 0.05) is 18.2 Å². The average molecular weight is 223 g/mol. The number of benzene rings is 1. The van der Waals surface area contributed by atoms with E-state index in [-0.39, 0.29) is 16.9 Å². The summed E-state index contributed by atoms with van der Waals surface area (Å²) in [5.41, 5.74) is 6.51. The average Bonchev–Trinajstić information content (AvgIpc) is 2.14. The molecule has 0 spiro atoms. The van der Waals surface area contributed by atoms with Gasteiger partial charge in [-0.05, 0) is 32.4 Å². The summed E-state index contributed by atoms with van der Waals surface area (Å²) in [6, 6.07) is 4.87. The Morgan fingerprint density at radius 2 is 2.06 bits per heavy atom. The number of hydrogen-bond donors (Lipinski definition) is 2. The molecule has 0 bridgehead atoms. The number of hydrogen-bond acceptors (Lipinski definition) is 4. The van der Waals surface area contributed by atoms with Crippen LogP contribution in [0, 0.1) is 10.1 Å². The summed E-state index contributed by atoms with van der Waals surface area (Å²) in [5.74, 6) is 0. The van der Waals surface area contributed by atoms with E-state index < -0.39 is 4.92 Å². The highest BCUT2D eigenvalue weighted by molar-refractivity contribution is 5.59. The molecule has 1 aromatic carbocycles. The molecule has 1 aromatic rings. The van der Waals surface area contributed by atoms with Gasteiger partial charge in [-0.3, -0.25) is 10.1 Å². The van der Waals surface area contributed by atoms with Crippen LogP contribution in [0.15, 0.2) is 18.2 Å². The number of anilines is 1. The first-order chi connectivity index (χ1) is 7.29. The minimum atomic E-state index is -0.462. The Balaban J connectivity index is 2.83. The van der Waals surface area contributed by atoms with E-state index in [1.165, 1.54) is 6.07 Å². The third-order valence-corrected chi connectivity index (χ3v) is 2.11. The van der Waals surface area contributed by atoms with Crippen molar-refractivity contribution in [2.75, 3.05) is 5.73 Å². The van der Waals surface area contributed by atoms with Crippen molar-refractivity contribution in [1.82, 2.24) is 5.32 Å². The van der Waals surface area contributed by atoms with Crippen molar-refractivity contribution in [3.8, 4) is 0 Å². The minimum Gasteiger partial charge on any atom is -0.393 e. The summed E-state index contributed by atoms with van der Waals surface area (Å²) >= 11 is 0. The van der Waals surface area contributed by atoms with Gasteiger partial charge in [-0.25, -0.2) is 0 Å². The Labute approximate surface area is 94.8 Å². The van der Waals surface area contributed by atoms with Crippen LogP contribution in [0.3, 0.4) is 0 Å². The lowest BCUT2D eigenvalue weighted by Gasteiger charge is -2.20. The van der Waals surface area contributed by atoms with Crippen LogP contribution in [0.4, 0.5) is 11.4 Å². The van der Waals surface area contributed by atoms with Crippen LogP contribution in [0.2, 0.25) is 0 Å². The van der Waals surface area contributed by atoms with Crippen molar-refractivity contribution < 1.29 is 4.92 Å². The number of nitrogens with one attached hydrogen (secondary N) is 1. The number of nitro benzene ring substituents is 1. The van der Waals surface area contributed by atoms with E-state index in [1.54, 1.807) is 12.1 Å². The fourth-order valence-electron chi connectivity index (χ4n) is 1.22. The monoisotopic (exact) mass is 223 g/mol. The number of nitrogens with zero attached hydrogens (tertiary/aromatic N) is 1. The quantitative estimate of drug-likeness (QED) is 0.467. The Kier molecular flexibility index (Phi) is 3.49. The number of nitrogens with two attached hydrogens (primary N) is 1. The van der Waals surface area contributed by atoms with E-state index in [9.17, 15) is 10.1 Å². The summed E-state index contributed by atoms with van der Waals surface area (Å²) in [4.78, 5) is 10.2. The van der Waals surface area contributed by atoms with Gasteiger partial charge in [0.1, 0.15) is 5.69 Å². The molecule has 0 aliphatic rings. The predicted molar refractivity (Wildman–Crippen MR) is 64.1 cm³/mol. The summed E-state index contributed by atoms with van der Waals surface area (Å²) < 4.78 is 0. The minimum absolute atomic E-state index is 0.0177. The molecular weight excluding hydrogens is 206 g/mol. The van der Waals surface area contributed by atoms with E-state index in [4.69, 9.17) is 5.73 Å². The van der Waals surface area contributed by atoms with Crippen LogP contribution in [0.25, 0.3) is 0 Å². The topological polar surface area (TPSA) is 81.2 Å². The summed E-state index contributed by atoms with van der Waals surface area (Å²) in [6.07, 6.45) is 0. The first-order valence-electron chi connectivity index (χ1n) is 5.07. The maximum Gasteiger partial charge on any atom is 0.292 e. The Hall–Kier alpha value is -1.62. The highest BCUT2D eigenvalue weighted by atomic mass is 16.6. The van der Waals surface area contributed by atoms with E-state index >= 15 is 0 Å². The number of nitrogen functional groups attached to an aromatic ring is 1. The fraction of sp³-hybridized carbons (Fsp3) is 0.455. The zero-order chi connectivity index (χ0) is 12.3. The van der Waals surface area contributed by atoms with Crippen molar-refractivity contribution >= 4 is 11.4 Å². The van der Waals surface area contributed by atoms with E-state index in [0.29, 0.717) is 6.54 Å². The molecule has 0 heterocycles. The third kappa shape index (κ3) is 3.51. The second-order valence-electron chi connectivity index (χ2n) is 4.75. The van der Waals surface area contributed by atoms with Crippen molar-refractivity contribution in [1.29, 1.82) is 0 Å². The van der Waals surface area contributed by atoms with E-state index in [1.807, 2.05) is 20.8 Å². The number of rotatable bonds is 3. The van der Waals surface area contributed by atoms with Crippen LogP contribution in [-0.4, -0.2) is 10.5 Å². The SMILES string of the molecule is CC(C)(C)NCc1ccc(N)c([N+](=O)[O-])c1. The second-order valence-corrected chi connectivity index (χ2v) is 4.75. The molecule has 0 aliphatic heterocycles. The van der Waals surface area contributed by atoms with Crippen LogP contribution in [0.5, 0.6) is 0 Å². The molecule has 0 amide bonds. The Morgan fingerprint density at radius 3 is 2.56 bits per heavy atom. The molecule has 88 valence electrons. The molecule has 16 heavy (non-hydrogen) atoms. The fourth-order valence-corrected chi connectivity index (χ4v) is 1.22. The summed E-state index contributed by atoms with van der Waals surface area (Å²) in [7, 11) is 0. The molecule has 0 unspecified atom stereocenters. The van der Waals surface area contributed by atoms with Gasteiger partial charge < -0.3 is 11.1 Å². The van der Waals surface area contributed by atoms with Gasteiger partial charge in [0.05, 0.1) is 4.92 Å². The largest absolute Gasteiger partial charge is 0.393 e. The van der Waals surface area contributed by atoms with Gasteiger partial charge in [-0.15, -0.1) is 0 Å². The third-order valence-electron chi connectivity index (χ3n) is 2.11. The molecule has 0 aromatic heterocycles. The Morgan fingerprint density at radius 1 is 1.44 bits per heavy atom. The lowest BCUT2D eigenvalue weighted by molar-refractivity contribution is -0.384. The van der Waals surface area contributed by atoms with Crippen molar-refractivity contribution in [3.63, 3.8) is 0 Å². The first-order valence-corrected chi connectivity index (χ1v) is 5.07. The van der Waals surface area contributed by atoms with Gasteiger partial charge in [-0.1, -0.05) is 6.07 Å². The molecule has 0 atom stereocenters. The van der Waals surface area contributed by atoms with Crippen molar-refractivity contribution in [2.45, 2.75) is 32.9 Å². The van der Waals surface area contributed by atoms with Crippen molar-refractivity contribution in [2.24, 2.45) is 0 Å². The lowest BCUT2D eigenvalue weighted by Crippen LogP contribution is -2.35. The van der Waals surface area contributed by atoms with Crippen LogP contribution in [-0.2, 0) is 6.54 Å². The van der Waals surface area contributed by atoms with Gasteiger partial charge in [0.2, 0.25) is 0 Å². The molecule has 0 aliphatic carbocycles. The molecular formula is C11H17N3O2. The van der Waals surface area contributed by atoms with Gasteiger partial charge in [0.25, 0.3) is 5.69 Å². The maximum absolute atomic E-state index is 10.7. The van der Waals surface area contributed by atoms with Gasteiger partial charge >= 0.3 is 0 Å². The van der Waals surface area contributed by atoms with E-state index in [0.717, 1.165) is 5.56 Å². The maximum atomic E-state index is 10.7. The molecule has 5 nitrogen and oxygen atoms in total. The van der Waals surface area contributed by atoms with Gasteiger partial charge in [0.15, 0.2) is 0 Å². The molecule has 0 saturated carbocycles. The molecule has 0 radical (unpaired) electrons. The molecule has 5 heteroatoms. The zero-order valence-corrected chi connectivity index (χ0v) is 9.78. The first kappa shape index (κ1) is 12.4. The normalized spacial score (nSPS) is 11.4. The van der Waals surface area contributed by atoms with Crippen LogP contribution >= 0.6 is 0 Å². The zero-order valence-electron chi connectivity index (χ0n) is 9.78. The summed E-state index contributed by atoms with van der Waals surface area (Å²) in [6.45, 7) is 6.71. The standard InChI is InChI=1S/C11H17N3O2/c1-11(2,3)13-7-8-4-5-9(12)10(6-8)14(15)16/h4-6,13H,7,12H2,1-3H3. The smallest absolute Gasteiger partial charge is 0.292 e. The Bertz CT molecular complexity index is 397. The molecule has 1 rings (SSSR count). The van der Waals surface area contributed by atoms with Crippen LogP contribution < -0.4 is 11.1 Å². The number of nitro groups is 1. The lowest BCUT2D eigenvalue weighted by atomic mass is 10.1. The highest BCUT2D eigenvalue weighted by Crippen LogP contribution is 2.22. The molecule has 0 fully saturated rings. The van der Waals surface area contributed by atoms with Gasteiger partial charge in [-0.2, -0.15) is 0 Å². The highest BCUT2D eigenvalue weighted by Gasteiger charge is 2.13. The van der Waals surface area contributed by atoms with E-state index in [2.05, 4.69) is 5.32 Å². The molecule has 3 N–H and O–H groups in total. The summed E-state index contributed by atoms with van der Waals surface area (Å²) in [5, 5.41) is 13.9. The van der Waals surface area contributed by atoms with Crippen LogP contribution in [0.1, 0.15) is 26.3 Å². The second kappa shape index (κ2) is 4.49. The predicted octanol–water partition coefficient (Wildman–Crippen LogP) is 2.07. The molecule has 0 saturated heterocycles. The van der Waals surface area contributed by atoms with Crippen molar-refractivity contribution in [3.05, 3.63) is 33.9 Å².